The van der Waals surface area contributed by atoms with Gasteiger partial charge in [-0.25, -0.2) is 10.1 Å². The van der Waals surface area contributed by atoms with Gasteiger partial charge in [-0.1, -0.05) is 0 Å². The van der Waals surface area contributed by atoms with E-state index in [1.807, 2.05) is 7.05 Å². The molecule has 2 N–H and O–H groups in total. The van der Waals surface area contributed by atoms with Gasteiger partial charge in [0.05, 0.1) is 6.04 Å². The Labute approximate surface area is 121 Å². The highest BCUT2D eigenvalue weighted by Gasteiger charge is 2.41. The van der Waals surface area contributed by atoms with Gasteiger partial charge in [0.1, 0.15) is 6.61 Å². The third kappa shape index (κ3) is 3.09. The Morgan fingerprint density at radius 3 is 3.10 bits per heavy atom. The zero-order chi connectivity index (χ0) is 13.9. The smallest absolute Gasteiger partial charge is 0.407 e. The topological polar surface area (TPSA) is 64.5 Å². The minimum atomic E-state index is -0.244. The number of hydrogen-bond donors (Lipinski definition) is 2. The lowest BCUT2D eigenvalue weighted by Crippen LogP contribution is -2.35. The molecule has 4 unspecified atom stereocenters. The second-order valence-corrected chi connectivity index (χ2v) is 6.60. The molecule has 3 aliphatic rings. The SMILES string of the molecule is CNCCC1C[N]C2CCC(C[C@H]3COC(=O)N3)CC12. The predicted molar refractivity (Wildman–Crippen MR) is 76.5 cm³/mol. The van der Waals surface area contributed by atoms with Crippen molar-refractivity contribution in [3.63, 3.8) is 0 Å². The summed E-state index contributed by atoms with van der Waals surface area (Å²) in [5, 5.41) is 11.0. The van der Waals surface area contributed by atoms with Gasteiger partial charge in [-0.3, -0.25) is 0 Å². The summed E-state index contributed by atoms with van der Waals surface area (Å²) >= 11 is 0. The lowest BCUT2D eigenvalue weighted by Gasteiger charge is -2.34. The van der Waals surface area contributed by atoms with Gasteiger partial charge in [-0.05, 0) is 63.5 Å². The summed E-state index contributed by atoms with van der Waals surface area (Å²) in [5.41, 5.74) is 0. The highest BCUT2D eigenvalue weighted by atomic mass is 16.6. The average molecular weight is 280 g/mol. The first kappa shape index (κ1) is 14.1. The summed E-state index contributed by atoms with van der Waals surface area (Å²) in [7, 11) is 2.02. The number of hydrogen-bond acceptors (Lipinski definition) is 3. The van der Waals surface area contributed by atoms with Crippen LogP contribution in [0.15, 0.2) is 0 Å². The third-order valence-corrected chi connectivity index (χ3v) is 5.27. The molecule has 2 heterocycles. The Kier molecular flexibility index (Phi) is 4.46. The van der Waals surface area contributed by atoms with Gasteiger partial charge in [0.25, 0.3) is 0 Å². The number of nitrogens with one attached hydrogen (secondary N) is 2. The summed E-state index contributed by atoms with van der Waals surface area (Å²) in [6.45, 7) is 2.71. The summed E-state index contributed by atoms with van der Waals surface area (Å²) in [4.78, 5) is 11.1. The highest BCUT2D eigenvalue weighted by Crippen LogP contribution is 2.41. The van der Waals surface area contributed by atoms with Crippen molar-refractivity contribution in [3.8, 4) is 0 Å². The summed E-state index contributed by atoms with van der Waals surface area (Å²) in [6.07, 6.45) is 5.87. The fraction of sp³-hybridized carbons (Fsp3) is 0.933. The maximum Gasteiger partial charge on any atom is 0.407 e. The van der Waals surface area contributed by atoms with Crippen LogP contribution < -0.4 is 16.0 Å². The van der Waals surface area contributed by atoms with Crippen molar-refractivity contribution in [2.45, 2.75) is 44.2 Å². The second-order valence-electron chi connectivity index (χ2n) is 6.60. The van der Waals surface area contributed by atoms with Crippen LogP contribution in [0.4, 0.5) is 4.79 Å². The van der Waals surface area contributed by atoms with E-state index in [4.69, 9.17) is 10.1 Å². The van der Waals surface area contributed by atoms with Crippen LogP contribution in [-0.2, 0) is 4.74 Å². The number of alkyl carbamates (subject to hydrolysis) is 1. The molecule has 0 spiro atoms. The van der Waals surface area contributed by atoms with E-state index in [0.29, 0.717) is 12.6 Å². The van der Waals surface area contributed by atoms with Crippen molar-refractivity contribution in [2.75, 3.05) is 26.7 Å². The normalized spacial score (nSPS) is 40.2. The zero-order valence-electron chi connectivity index (χ0n) is 12.3. The molecule has 113 valence electrons. The van der Waals surface area contributed by atoms with Crippen LogP contribution in [0.5, 0.6) is 0 Å². The van der Waals surface area contributed by atoms with Crippen molar-refractivity contribution < 1.29 is 9.53 Å². The van der Waals surface area contributed by atoms with Crippen LogP contribution in [0.3, 0.4) is 0 Å². The first-order valence-electron chi connectivity index (χ1n) is 8.00. The lowest BCUT2D eigenvalue weighted by atomic mass is 9.72. The number of rotatable bonds is 5. The number of amides is 1. The van der Waals surface area contributed by atoms with Crippen LogP contribution in [0.2, 0.25) is 0 Å². The zero-order valence-corrected chi connectivity index (χ0v) is 12.3. The molecule has 0 aromatic carbocycles. The van der Waals surface area contributed by atoms with Gasteiger partial charge in [0.15, 0.2) is 0 Å². The third-order valence-electron chi connectivity index (χ3n) is 5.27. The molecule has 5 nitrogen and oxygen atoms in total. The predicted octanol–water partition coefficient (Wildman–Crippen LogP) is 1.11. The second kappa shape index (κ2) is 6.31. The quantitative estimate of drug-likeness (QED) is 0.793. The van der Waals surface area contributed by atoms with Crippen LogP contribution in [0.25, 0.3) is 0 Å². The minimum absolute atomic E-state index is 0.234. The fourth-order valence-electron chi connectivity index (χ4n) is 4.22. The Morgan fingerprint density at radius 2 is 2.35 bits per heavy atom. The molecule has 1 amide bonds. The molecule has 0 aromatic heterocycles. The van der Waals surface area contributed by atoms with Crippen molar-refractivity contribution in [1.29, 1.82) is 0 Å². The largest absolute Gasteiger partial charge is 0.447 e. The number of carbonyl (C=O) groups is 1. The molecule has 2 aliphatic heterocycles. The van der Waals surface area contributed by atoms with Crippen LogP contribution >= 0.6 is 0 Å². The fourth-order valence-corrected chi connectivity index (χ4v) is 4.22. The number of cyclic esters (lactones) is 1. The molecule has 0 bridgehead atoms. The standard InChI is InChI=1S/C15H26N3O2/c1-16-5-4-11-8-17-14-3-2-10(7-13(11)14)6-12-9-20-15(19)18-12/h10-14,16H,2-9H2,1H3,(H,18,19)/t10?,11?,12-,13?,14?/m0/s1. The van der Waals surface area contributed by atoms with E-state index in [9.17, 15) is 4.79 Å². The Hall–Kier alpha value is -0.810. The first-order valence-corrected chi connectivity index (χ1v) is 8.00. The molecule has 1 radical (unpaired) electrons. The van der Waals surface area contributed by atoms with Gasteiger partial charge < -0.3 is 15.4 Å². The van der Waals surface area contributed by atoms with Crippen molar-refractivity contribution in [2.24, 2.45) is 17.8 Å². The summed E-state index contributed by atoms with van der Waals surface area (Å²) in [5.74, 6) is 2.28. The van der Waals surface area contributed by atoms with E-state index in [-0.39, 0.29) is 12.1 Å². The summed E-state index contributed by atoms with van der Waals surface area (Å²) in [6, 6.07) is 0.848. The van der Waals surface area contributed by atoms with Gasteiger partial charge >= 0.3 is 6.09 Å². The Morgan fingerprint density at radius 1 is 1.45 bits per heavy atom. The van der Waals surface area contributed by atoms with E-state index in [0.717, 1.165) is 37.3 Å². The minimum Gasteiger partial charge on any atom is -0.447 e. The van der Waals surface area contributed by atoms with Crippen LogP contribution in [-0.4, -0.2) is 44.9 Å². The van der Waals surface area contributed by atoms with Crippen molar-refractivity contribution >= 4 is 6.09 Å². The van der Waals surface area contributed by atoms with Crippen LogP contribution in [0, 0.1) is 17.8 Å². The molecule has 5 atom stereocenters. The molecular weight excluding hydrogens is 254 g/mol. The van der Waals surface area contributed by atoms with Crippen molar-refractivity contribution in [1.82, 2.24) is 16.0 Å². The van der Waals surface area contributed by atoms with Crippen molar-refractivity contribution in [3.05, 3.63) is 0 Å². The number of nitrogens with zero attached hydrogens (tertiary/aromatic N) is 1. The molecular formula is C15H26N3O2. The van der Waals surface area contributed by atoms with Gasteiger partial charge in [0.2, 0.25) is 0 Å². The number of fused-ring (bicyclic) bond motifs is 1. The molecule has 3 fully saturated rings. The molecule has 5 heteroatoms. The maximum atomic E-state index is 11.1. The van der Waals surface area contributed by atoms with E-state index in [2.05, 4.69) is 10.6 Å². The molecule has 2 saturated heterocycles. The Balaban J connectivity index is 1.51. The summed E-state index contributed by atoms with van der Waals surface area (Å²) < 4.78 is 4.99. The molecule has 0 aromatic rings. The molecule has 1 saturated carbocycles. The molecule has 20 heavy (non-hydrogen) atoms. The van der Waals surface area contributed by atoms with E-state index in [1.54, 1.807) is 0 Å². The number of ether oxygens (including phenoxy) is 1. The Bertz CT molecular complexity index is 350. The first-order chi connectivity index (χ1) is 9.76. The van der Waals surface area contributed by atoms with E-state index >= 15 is 0 Å². The monoisotopic (exact) mass is 280 g/mol. The van der Waals surface area contributed by atoms with E-state index in [1.165, 1.54) is 25.7 Å². The molecule has 3 rings (SSSR count). The van der Waals surface area contributed by atoms with Gasteiger partial charge in [0, 0.05) is 12.6 Å². The van der Waals surface area contributed by atoms with Crippen LogP contribution in [0.1, 0.15) is 32.1 Å². The van der Waals surface area contributed by atoms with Gasteiger partial charge in [-0.2, -0.15) is 0 Å². The number of carbonyl (C=O) groups excluding carboxylic acids is 1. The maximum absolute atomic E-state index is 11.1. The van der Waals surface area contributed by atoms with Gasteiger partial charge in [-0.15, -0.1) is 0 Å². The lowest BCUT2D eigenvalue weighted by molar-refractivity contribution is 0.170. The molecule has 1 aliphatic carbocycles. The van der Waals surface area contributed by atoms with E-state index < -0.39 is 0 Å². The highest BCUT2D eigenvalue weighted by molar-refractivity contribution is 5.69. The average Bonchev–Trinajstić information content (AvgIpc) is 3.03.